The van der Waals surface area contributed by atoms with Gasteiger partial charge in [0, 0.05) is 33.2 Å². The van der Waals surface area contributed by atoms with E-state index >= 15 is 0 Å². The molecule has 0 bridgehead atoms. The lowest BCUT2D eigenvalue weighted by Crippen LogP contribution is -2.46. The Labute approximate surface area is 125 Å². The molecule has 0 unspecified atom stereocenters. The number of nitrogens with zero attached hydrogens (tertiary/aromatic N) is 3. The summed E-state index contributed by atoms with van der Waals surface area (Å²) in [4.78, 5) is 39.9. The minimum absolute atomic E-state index is 0.0170. The standard InChI is InChI=1S/C14H25N3O4/c1-5-16(6-2)12(18)9-15(4)14(21)17-7-10(3)11(8-17)13(19)20/h10-11H,5-9H2,1-4H3,(H,19,20)/t10-,11-/m1/s1. The normalized spacial score (nSPS) is 21.2. The molecule has 7 heteroatoms. The largest absolute Gasteiger partial charge is 0.481 e. The lowest BCUT2D eigenvalue weighted by atomic mass is 9.99. The van der Waals surface area contributed by atoms with E-state index in [0.29, 0.717) is 19.6 Å². The first-order chi connectivity index (χ1) is 9.81. The molecule has 1 fully saturated rings. The van der Waals surface area contributed by atoms with Gasteiger partial charge in [0.05, 0.1) is 5.92 Å². The van der Waals surface area contributed by atoms with Gasteiger partial charge in [0.15, 0.2) is 0 Å². The van der Waals surface area contributed by atoms with Crippen LogP contribution in [0, 0.1) is 11.8 Å². The van der Waals surface area contributed by atoms with Gasteiger partial charge in [-0.25, -0.2) is 4.79 Å². The number of rotatable bonds is 5. The summed E-state index contributed by atoms with van der Waals surface area (Å²) in [7, 11) is 1.57. The maximum absolute atomic E-state index is 12.3. The molecule has 0 spiro atoms. The minimum Gasteiger partial charge on any atom is -0.481 e. The third-order valence-electron chi connectivity index (χ3n) is 4.02. The van der Waals surface area contributed by atoms with E-state index in [1.54, 1.807) is 11.9 Å². The molecule has 0 aliphatic carbocycles. The number of carbonyl (C=O) groups excluding carboxylic acids is 2. The van der Waals surface area contributed by atoms with Crippen LogP contribution in [0.1, 0.15) is 20.8 Å². The van der Waals surface area contributed by atoms with Gasteiger partial charge in [0.25, 0.3) is 0 Å². The molecule has 0 radical (unpaired) electrons. The number of amides is 3. The second-order valence-electron chi connectivity index (χ2n) is 5.53. The topological polar surface area (TPSA) is 81.2 Å². The smallest absolute Gasteiger partial charge is 0.320 e. The zero-order valence-electron chi connectivity index (χ0n) is 13.2. The van der Waals surface area contributed by atoms with E-state index in [2.05, 4.69) is 0 Å². The molecular weight excluding hydrogens is 274 g/mol. The Kier molecular flexibility index (Phi) is 5.99. The van der Waals surface area contributed by atoms with Crippen molar-refractivity contribution in [3.63, 3.8) is 0 Å². The predicted molar refractivity (Wildman–Crippen MR) is 77.8 cm³/mol. The Morgan fingerprint density at radius 2 is 1.76 bits per heavy atom. The third kappa shape index (κ3) is 4.09. The minimum atomic E-state index is -0.875. The molecule has 0 aromatic heterocycles. The number of hydrogen-bond acceptors (Lipinski definition) is 3. The van der Waals surface area contributed by atoms with Crippen molar-refractivity contribution in [2.75, 3.05) is 39.8 Å². The fraction of sp³-hybridized carbons (Fsp3) is 0.786. The summed E-state index contributed by atoms with van der Waals surface area (Å²) in [5.41, 5.74) is 0. The number of carbonyl (C=O) groups is 3. The van der Waals surface area contributed by atoms with Gasteiger partial charge in [-0.15, -0.1) is 0 Å². The van der Waals surface area contributed by atoms with Gasteiger partial charge in [0.1, 0.15) is 6.54 Å². The molecule has 1 aliphatic heterocycles. The van der Waals surface area contributed by atoms with Crippen molar-refractivity contribution in [3.05, 3.63) is 0 Å². The Hall–Kier alpha value is -1.79. The Morgan fingerprint density at radius 3 is 2.19 bits per heavy atom. The highest BCUT2D eigenvalue weighted by molar-refractivity contribution is 5.84. The number of likely N-dealkylation sites (N-methyl/N-ethyl adjacent to an activating group) is 2. The molecule has 3 amide bonds. The SMILES string of the molecule is CCN(CC)C(=O)CN(C)C(=O)N1C[C@@H](C)[C@H](C(=O)O)C1. The van der Waals surface area contributed by atoms with Gasteiger partial charge >= 0.3 is 12.0 Å². The molecule has 0 aromatic carbocycles. The second kappa shape index (κ2) is 7.28. The summed E-state index contributed by atoms with van der Waals surface area (Å²) in [6.07, 6.45) is 0. The summed E-state index contributed by atoms with van der Waals surface area (Å²) in [6, 6.07) is -0.286. The molecule has 1 saturated heterocycles. The first-order valence-corrected chi connectivity index (χ1v) is 7.32. The lowest BCUT2D eigenvalue weighted by Gasteiger charge is -2.27. The summed E-state index contributed by atoms with van der Waals surface area (Å²) in [6.45, 7) is 7.47. The number of likely N-dealkylation sites (tertiary alicyclic amines) is 1. The molecule has 1 heterocycles. The van der Waals surface area contributed by atoms with Crippen molar-refractivity contribution in [1.82, 2.24) is 14.7 Å². The molecule has 21 heavy (non-hydrogen) atoms. The number of hydrogen-bond donors (Lipinski definition) is 1. The van der Waals surface area contributed by atoms with Crippen molar-refractivity contribution in [1.29, 1.82) is 0 Å². The highest BCUT2D eigenvalue weighted by Gasteiger charge is 2.38. The van der Waals surface area contributed by atoms with Crippen LogP contribution in [0.15, 0.2) is 0 Å². The van der Waals surface area contributed by atoms with Crippen LogP contribution in [0.3, 0.4) is 0 Å². The average Bonchev–Trinajstić information content (AvgIpc) is 2.81. The highest BCUT2D eigenvalue weighted by atomic mass is 16.4. The van der Waals surface area contributed by atoms with Gasteiger partial charge in [-0.3, -0.25) is 9.59 Å². The van der Waals surface area contributed by atoms with Crippen LogP contribution in [0.2, 0.25) is 0 Å². The first kappa shape index (κ1) is 17.3. The van der Waals surface area contributed by atoms with Crippen molar-refractivity contribution < 1.29 is 19.5 Å². The first-order valence-electron chi connectivity index (χ1n) is 7.32. The van der Waals surface area contributed by atoms with E-state index in [9.17, 15) is 14.4 Å². The Balaban J connectivity index is 2.59. The molecular formula is C14H25N3O4. The number of aliphatic carboxylic acids is 1. The van der Waals surface area contributed by atoms with E-state index in [-0.39, 0.29) is 30.9 Å². The van der Waals surface area contributed by atoms with Crippen molar-refractivity contribution >= 4 is 17.9 Å². The van der Waals surface area contributed by atoms with Gasteiger partial charge in [-0.05, 0) is 19.8 Å². The van der Waals surface area contributed by atoms with E-state index in [1.807, 2.05) is 20.8 Å². The van der Waals surface area contributed by atoms with Crippen LogP contribution in [-0.4, -0.2) is 77.5 Å². The number of carboxylic acid groups (broad SMARTS) is 1. The molecule has 120 valence electrons. The van der Waals surface area contributed by atoms with Crippen LogP contribution >= 0.6 is 0 Å². The van der Waals surface area contributed by atoms with Gasteiger partial charge in [0.2, 0.25) is 5.91 Å². The van der Waals surface area contributed by atoms with Gasteiger partial charge in [-0.2, -0.15) is 0 Å². The highest BCUT2D eigenvalue weighted by Crippen LogP contribution is 2.23. The molecule has 1 N–H and O–H groups in total. The van der Waals surface area contributed by atoms with Crippen LogP contribution < -0.4 is 0 Å². The molecule has 1 aliphatic rings. The van der Waals surface area contributed by atoms with E-state index in [1.165, 1.54) is 9.80 Å². The zero-order valence-corrected chi connectivity index (χ0v) is 13.2. The molecule has 2 atom stereocenters. The molecule has 7 nitrogen and oxygen atoms in total. The van der Waals surface area contributed by atoms with E-state index in [0.717, 1.165) is 0 Å². The molecule has 0 saturated carbocycles. The Bertz CT molecular complexity index is 409. The number of urea groups is 1. The van der Waals surface area contributed by atoms with Gasteiger partial charge < -0.3 is 19.8 Å². The van der Waals surface area contributed by atoms with Crippen LogP contribution in [-0.2, 0) is 9.59 Å². The molecule has 1 rings (SSSR count). The number of carboxylic acids is 1. The fourth-order valence-corrected chi connectivity index (χ4v) is 2.63. The van der Waals surface area contributed by atoms with Gasteiger partial charge in [-0.1, -0.05) is 6.92 Å². The Morgan fingerprint density at radius 1 is 1.19 bits per heavy atom. The summed E-state index contributed by atoms with van der Waals surface area (Å²) < 4.78 is 0. The van der Waals surface area contributed by atoms with Crippen LogP contribution in [0.5, 0.6) is 0 Å². The maximum atomic E-state index is 12.3. The van der Waals surface area contributed by atoms with Crippen molar-refractivity contribution in [2.45, 2.75) is 20.8 Å². The summed E-state index contributed by atoms with van der Waals surface area (Å²) in [5.74, 6) is -1.57. The van der Waals surface area contributed by atoms with E-state index in [4.69, 9.17) is 5.11 Å². The predicted octanol–water partition coefficient (Wildman–Crippen LogP) is 0.559. The van der Waals surface area contributed by atoms with Crippen LogP contribution in [0.4, 0.5) is 4.79 Å². The van der Waals surface area contributed by atoms with Crippen molar-refractivity contribution in [3.8, 4) is 0 Å². The average molecular weight is 299 g/mol. The second-order valence-corrected chi connectivity index (χ2v) is 5.53. The molecule has 0 aromatic rings. The monoisotopic (exact) mass is 299 g/mol. The fourth-order valence-electron chi connectivity index (χ4n) is 2.63. The lowest BCUT2D eigenvalue weighted by molar-refractivity contribution is -0.142. The maximum Gasteiger partial charge on any atom is 0.320 e. The zero-order chi connectivity index (χ0) is 16.2. The quantitative estimate of drug-likeness (QED) is 0.804. The van der Waals surface area contributed by atoms with Crippen molar-refractivity contribution in [2.24, 2.45) is 11.8 Å². The third-order valence-corrected chi connectivity index (χ3v) is 4.02. The van der Waals surface area contributed by atoms with Crippen LogP contribution in [0.25, 0.3) is 0 Å². The summed E-state index contributed by atoms with van der Waals surface area (Å²) >= 11 is 0. The summed E-state index contributed by atoms with van der Waals surface area (Å²) in [5, 5.41) is 9.09. The van der Waals surface area contributed by atoms with E-state index < -0.39 is 11.9 Å².